The Kier molecular flexibility index (Phi) is 2.86. The number of hydrogen-bond acceptors (Lipinski definition) is 2. The van der Waals surface area contributed by atoms with Gasteiger partial charge in [-0.15, -0.1) is 5.92 Å². The minimum absolute atomic E-state index is 0.0225. The summed E-state index contributed by atoms with van der Waals surface area (Å²) in [4.78, 5) is 24.3. The fourth-order valence-electron chi connectivity index (χ4n) is 1.66. The summed E-state index contributed by atoms with van der Waals surface area (Å²) < 4.78 is 13.6. The highest BCUT2D eigenvalue weighted by Gasteiger charge is 2.39. The highest BCUT2D eigenvalue weighted by Crippen LogP contribution is 2.36. The number of amides is 1. The molecule has 0 aromatic heterocycles. The van der Waals surface area contributed by atoms with Gasteiger partial charge in [0, 0.05) is 0 Å². The fourth-order valence-corrected chi connectivity index (χ4v) is 1.90. The van der Waals surface area contributed by atoms with Gasteiger partial charge in [-0.3, -0.25) is 14.5 Å². The van der Waals surface area contributed by atoms with Crippen LogP contribution in [0.3, 0.4) is 0 Å². The maximum absolute atomic E-state index is 13.6. The van der Waals surface area contributed by atoms with Gasteiger partial charge in [0.05, 0.1) is 22.8 Å². The molecule has 1 aliphatic heterocycles. The average Bonchev–Trinajstić information content (AvgIpc) is 2.56. The van der Waals surface area contributed by atoms with Crippen molar-refractivity contribution in [1.82, 2.24) is 0 Å². The van der Waals surface area contributed by atoms with Crippen LogP contribution < -0.4 is 4.90 Å². The molecule has 17 heavy (non-hydrogen) atoms. The largest absolute Gasteiger partial charge is 0.300 e. The molecule has 0 bridgehead atoms. The van der Waals surface area contributed by atoms with Crippen molar-refractivity contribution in [2.75, 3.05) is 11.4 Å². The molecule has 2 rings (SSSR count). The topological polar surface area (TPSA) is 37.4 Å². The normalized spacial score (nSPS) is 13.5. The molecule has 0 saturated carbocycles. The highest BCUT2D eigenvalue weighted by atomic mass is 35.5. The van der Waals surface area contributed by atoms with Crippen molar-refractivity contribution in [2.45, 2.75) is 6.92 Å². The van der Waals surface area contributed by atoms with Crippen molar-refractivity contribution in [2.24, 2.45) is 0 Å². The van der Waals surface area contributed by atoms with E-state index in [-0.39, 0.29) is 22.8 Å². The van der Waals surface area contributed by atoms with E-state index in [0.717, 1.165) is 11.0 Å². The van der Waals surface area contributed by atoms with Gasteiger partial charge in [-0.2, -0.15) is 0 Å². The third-order valence-corrected chi connectivity index (χ3v) is 2.74. The first-order chi connectivity index (χ1) is 8.07. The Labute approximate surface area is 102 Å². The van der Waals surface area contributed by atoms with Crippen molar-refractivity contribution in [3.8, 4) is 11.8 Å². The van der Waals surface area contributed by atoms with E-state index in [1.807, 2.05) is 0 Å². The zero-order chi connectivity index (χ0) is 12.6. The first-order valence-corrected chi connectivity index (χ1v) is 5.19. The first-order valence-electron chi connectivity index (χ1n) is 4.81. The van der Waals surface area contributed by atoms with Gasteiger partial charge in [0.2, 0.25) is 0 Å². The van der Waals surface area contributed by atoms with Gasteiger partial charge < -0.3 is 0 Å². The average molecular weight is 252 g/mol. The lowest BCUT2D eigenvalue weighted by atomic mass is 10.1. The van der Waals surface area contributed by atoms with Crippen molar-refractivity contribution in [3.63, 3.8) is 0 Å². The number of Topliss-reactive ketones (excluding diaryl/α,β-unsaturated/α-hetero) is 1. The summed E-state index contributed by atoms with van der Waals surface area (Å²) in [6, 6.07) is 2.38. The van der Waals surface area contributed by atoms with Crippen LogP contribution >= 0.6 is 11.6 Å². The molecule has 0 unspecified atom stereocenters. The first kappa shape index (κ1) is 11.6. The second-order valence-corrected chi connectivity index (χ2v) is 3.81. The van der Waals surface area contributed by atoms with Crippen molar-refractivity contribution >= 4 is 29.0 Å². The molecule has 3 nitrogen and oxygen atoms in total. The van der Waals surface area contributed by atoms with E-state index >= 15 is 0 Å². The molecule has 0 spiro atoms. The Bertz CT molecular complexity index is 586. The SMILES string of the molecule is CC#CCN1C(=O)C(=O)c2c(Cl)ccc(F)c21. The molecular formula is C12H7ClFNO2. The van der Waals surface area contributed by atoms with Crippen LogP contribution in [0.2, 0.25) is 5.02 Å². The molecule has 86 valence electrons. The number of anilines is 1. The Morgan fingerprint density at radius 2 is 2.12 bits per heavy atom. The summed E-state index contributed by atoms with van der Waals surface area (Å²) in [6.07, 6.45) is 0. The highest BCUT2D eigenvalue weighted by molar-refractivity contribution is 6.55. The lowest BCUT2D eigenvalue weighted by Crippen LogP contribution is -2.30. The zero-order valence-electron chi connectivity index (χ0n) is 8.88. The lowest BCUT2D eigenvalue weighted by molar-refractivity contribution is -0.114. The number of ketones is 1. The molecular weight excluding hydrogens is 245 g/mol. The molecule has 0 fully saturated rings. The Morgan fingerprint density at radius 1 is 1.41 bits per heavy atom. The summed E-state index contributed by atoms with van der Waals surface area (Å²) >= 11 is 5.80. The zero-order valence-corrected chi connectivity index (χ0v) is 9.64. The van der Waals surface area contributed by atoms with Gasteiger partial charge in [0.25, 0.3) is 11.7 Å². The number of benzene rings is 1. The Hall–Kier alpha value is -1.86. The Morgan fingerprint density at radius 3 is 2.76 bits per heavy atom. The monoisotopic (exact) mass is 251 g/mol. The minimum atomic E-state index is -0.797. The molecule has 0 saturated heterocycles. The van der Waals surface area contributed by atoms with Gasteiger partial charge in [-0.1, -0.05) is 17.5 Å². The molecule has 1 amide bonds. The summed E-state index contributed by atoms with van der Waals surface area (Å²) in [7, 11) is 0. The van der Waals surface area contributed by atoms with Gasteiger partial charge in [0.1, 0.15) is 5.82 Å². The third-order valence-electron chi connectivity index (χ3n) is 2.43. The fraction of sp³-hybridized carbons (Fsp3) is 0.167. The van der Waals surface area contributed by atoms with Crippen LogP contribution in [-0.2, 0) is 4.79 Å². The van der Waals surface area contributed by atoms with E-state index in [4.69, 9.17) is 11.6 Å². The number of carbonyl (C=O) groups excluding carboxylic acids is 2. The van der Waals surface area contributed by atoms with Crippen LogP contribution in [-0.4, -0.2) is 18.2 Å². The van der Waals surface area contributed by atoms with Crippen LogP contribution in [0.5, 0.6) is 0 Å². The van der Waals surface area contributed by atoms with Gasteiger partial charge in [0.15, 0.2) is 0 Å². The molecule has 0 N–H and O–H groups in total. The van der Waals surface area contributed by atoms with E-state index in [2.05, 4.69) is 11.8 Å². The van der Waals surface area contributed by atoms with Gasteiger partial charge in [-0.05, 0) is 19.1 Å². The number of halogens is 2. The molecule has 1 aromatic carbocycles. The number of rotatable bonds is 1. The van der Waals surface area contributed by atoms with Crippen molar-refractivity contribution < 1.29 is 14.0 Å². The summed E-state index contributed by atoms with van der Waals surface area (Å²) in [5.41, 5.74) is -0.148. The summed E-state index contributed by atoms with van der Waals surface area (Å²) in [5.74, 6) is 2.97. The van der Waals surface area contributed by atoms with Crippen molar-refractivity contribution in [1.29, 1.82) is 0 Å². The van der Waals surface area contributed by atoms with Gasteiger partial charge >= 0.3 is 0 Å². The van der Waals surface area contributed by atoms with Crippen LogP contribution in [0.1, 0.15) is 17.3 Å². The van der Waals surface area contributed by atoms with Crippen LogP contribution in [0.25, 0.3) is 0 Å². The number of carbonyl (C=O) groups is 2. The number of hydrogen-bond donors (Lipinski definition) is 0. The molecule has 1 heterocycles. The maximum atomic E-state index is 13.6. The maximum Gasteiger partial charge on any atom is 0.300 e. The molecule has 0 aliphatic carbocycles. The quantitative estimate of drug-likeness (QED) is 0.566. The van der Waals surface area contributed by atoms with E-state index in [1.54, 1.807) is 6.92 Å². The smallest absolute Gasteiger partial charge is 0.290 e. The lowest BCUT2D eigenvalue weighted by Gasteiger charge is -2.13. The molecule has 5 heteroatoms. The molecule has 1 aliphatic rings. The standard InChI is InChI=1S/C12H7ClFNO2/c1-2-3-6-15-10-8(14)5-4-7(13)9(10)11(16)12(15)17/h4-5H,6H2,1H3. The Balaban J connectivity index is 2.62. The number of fused-ring (bicyclic) bond motifs is 1. The van der Waals surface area contributed by atoms with Crippen LogP contribution in [0.4, 0.5) is 10.1 Å². The second kappa shape index (κ2) is 4.19. The second-order valence-electron chi connectivity index (χ2n) is 3.40. The van der Waals surface area contributed by atoms with E-state index in [0.29, 0.717) is 0 Å². The predicted molar refractivity (Wildman–Crippen MR) is 61.5 cm³/mol. The van der Waals surface area contributed by atoms with Crippen LogP contribution in [0.15, 0.2) is 12.1 Å². The number of nitrogens with zero attached hydrogens (tertiary/aromatic N) is 1. The van der Waals surface area contributed by atoms with E-state index in [1.165, 1.54) is 6.07 Å². The van der Waals surface area contributed by atoms with E-state index < -0.39 is 17.5 Å². The van der Waals surface area contributed by atoms with Gasteiger partial charge in [-0.25, -0.2) is 4.39 Å². The van der Waals surface area contributed by atoms with Crippen molar-refractivity contribution in [3.05, 3.63) is 28.5 Å². The summed E-state index contributed by atoms with van der Waals surface area (Å²) in [5, 5.41) is 0.0757. The third kappa shape index (κ3) is 1.69. The predicted octanol–water partition coefficient (Wildman–Crippen LogP) is 2.03. The van der Waals surface area contributed by atoms with Crippen LogP contribution in [0, 0.1) is 17.7 Å². The molecule has 0 radical (unpaired) electrons. The molecule has 1 aromatic rings. The molecule has 0 atom stereocenters. The summed E-state index contributed by atoms with van der Waals surface area (Å²) in [6.45, 7) is 1.57. The van der Waals surface area contributed by atoms with E-state index in [9.17, 15) is 14.0 Å². The minimum Gasteiger partial charge on any atom is -0.290 e.